The first-order chi connectivity index (χ1) is 7.16. The minimum Gasteiger partial charge on any atom is -0.493 e. The van der Waals surface area contributed by atoms with Gasteiger partial charge in [-0.05, 0) is 17.2 Å². The maximum atomic E-state index is 10.5. The Morgan fingerprint density at radius 2 is 2.33 bits per heavy atom. The fourth-order valence-corrected chi connectivity index (χ4v) is 1.68. The molecule has 15 heavy (non-hydrogen) atoms. The number of aliphatic carboxylic acids is 1. The number of aliphatic hydroxyl groups is 1. The number of carboxylic acids is 1. The number of hydrogen-bond donors (Lipinski definition) is 2. The minimum absolute atomic E-state index is 0.141. The first kappa shape index (κ1) is 9.98. The molecule has 0 aliphatic carbocycles. The van der Waals surface area contributed by atoms with Gasteiger partial charge in [0.15, 0.2) is 6.10 Å². The molecule has 4 nitrogen and oxygen atoms in total. The fraction of sp³-hybridized carbons (Fsp3) is 0.364. The Morgan fingerprint density at radius 3 is 3.07 bits per heavy atom. The molecule has 0 radical (unpaired) electrons. The first-order valence-corrected chi connectivity index (χ1v) is 4.82. The van der Waals surface area contributed by atoms with Crippen molar-refractivity contribution in [2.24, 2.45) is 0 Å². The molecule has 0 saturated carbocycles. The summed E-state index contributed by atoms with van der Waals surface area (Å²) in [5.74, 6) is -0.324. The van der Waals surface area contributed by atoms with Crippen LogP contribution < -0.4 is 4.74 Å². The van der Waals surface area contributed by atoms with E-state index in [0.717, 1.165) is 23.3 Å². The molecule has 0 fully saturated rings. The predicted molar refractivity (Wildman–Crippen MR) is 53.0 cm³/mol. The summed E-state index contributed by atoms with van der Waals surface area (Å²) in [7, 11) is 0. The predicted octanol–water partition coefficient (Wildman–Crippen LogP) is 0.610. The molecule has 80 valence electrons. The molecule has 1 aliphatic heterocycles. The molecule has 0 amide bonds. The normalized spacial score (nSPS) is 15.5. The van der Waals surface area contributed by atoms with E-state index in [4.69, 9.17) is 9.84 Å². The Morgan fingerprint density at radius 1 is 1.53 bits per heavy atom. The lowest BCUT2D eigenvalue weighted by Gasteiger charge is -2.06. The van der Waals surface area contributed by atoms with Gasteiger partial charge in [0.2, 0.25) is 0 Å². The summed E-state index contributed by atoms with van der Waals surface area (Å²) >= 11 is 0. The summed E-state index contributed by atoms with van der Waals surface area (Å²) in [6, 6.07) is 5.51. The average molecular weight is 208 g/mol. The highest BCUT2D eigenvalue weighted by Gasteiger charge is 2.16. The van der Waals surface area contributed by atoms with Crippen molar-refractivity contribution in [3.05, 3.63) is 29.3 Å². The monoisotopic (exact) mass is 208 g/mol. The maximum Gasteiger partial charge on any atom is 0.332 e. The molecular weight excluding hydrogens is 196 g/mol. The van der Waals surface area contributed by atoms with Crippen LogP contribution in [0.1, 0.15) is 11.1 Å². The van der Waals surface area contributed by atoms with Crippen LogP contribution in [0.25, 0.3) is 0 Å². The maximum absolute atomic E-state index is 10.5. The lowest BCUT2D eigenvalue weighted by atomic mass is 10.0. The van der Waals surface area contributed by atoms with Gasteiger partial charge in [0.25, 0.3) is 0 Å². The van der Waals surface area contributed by atoms with E-state index in [-0.39, 0.29) is 6.42 Å². The summed E-state index contributed by atoms with van der Waals surface area (Å²) in [5, 5.41) is 17.8. The molecule has 1 heterocycles. The molecule has 1 unspecified atom stereocenters. The van der Waals surface area contributed by atoms with Crippen molar-refractivity contribution in [1.82, 2.24) is 0 Å². The van der Waals surface area contributed by atoms with Gasteiger partial charge in [0.05, 0.1) is 6.61 Å². The largest absolute Gasteiger partial charge is 0.493 e. The number of ether oxygens (including phenoxy) is 1. The molecule has 0 saturated heterocycles. The summed E-state index contributed by atoms with van der Waals surface area (Å²) in [6.45, 7) is 0.681. The molecule has 2 N–H and O–H groups in total. The zero-order valence-corrected chi connectivity index (χ0v) is 8.14. The summed E-state index contributed by atoms with van der Waals surface area (Å²) in [6.07, 6.45) is -0.333. The highest BCUT2D eigenvalue weighted by molar-refractivity contribution is 5.72. The molecule has 0 bridgehead atoms. The fourth-order valence-electron chi connectivity index (χ4n) is 1.68. The molecule has 1 aliphatic rings. The van der Waals surface area contributed by atoms with Crippen LogP contribution in [0, 0.1) is 0 Å². The SMILES string of the molecule is O=C(O)C(O)Cc1ccc2c(c1)CCO2. The standard InChI is InChI=1S/C11H12O4/c12-9(11(13)14)6-7-1-2-10-8(5-7)3-4-15-10/h1-2,5,9,12H,3-4,6H2,(H,13,14). The quantitative estimate of drug-likeness (QED) is 0.763. The number of aliphatic hydroxyl groups excluding tert-OH is 1. The molecule has 0 aromatic heterocycles. The van der Waals surface area contributed by atoms with Crippen LogP contribution in [-0.4, -0.2) is 28.9 Å². The molecule has 1 aromatic rings. The molecule has 1 atom stereocenters. The molecule has 2 rings (SSSR count). The Bertz CT molecular complexity index is 386. The van der Waals surface area contributed by atoms with Gasteiger partial charge >= 0.3 is 5.97 Å². The second-order valence-electron chi connectivity index (χ2n) is 3.60. The van der Waals surface area contributed by atoms with Crippen LogP contribution in [0.15, 0.2) is 18.2 Å². The third kappa shape index (κ3) is 2.10. The van der Waals surface area contributed by atoms with Gasteiger partial charge < -0.3 is 14.9 Å². The highest BCUT2D eigenvalue weighted by Crippen LogP contribution is 2.26. The first-order valence-electron chi connectivity index (χ1n) is 4.82. The number of carboxylic acid groups (broad SMARTS) is 1. The number of fused-ring (bicyclic) bond motifs is 1. The van der Waals surface area contributed by atoms with Gasteiger partial charge in [-0.3, -0.25) is 0 Å². The van der Waals surface area contributed by atoms with Gasteiger partial charge in [0, 0.05) is 12.8 Å². The summed E-state index contributed by atoms with van der Waals surface area (Å²) < 4.78 is 5.33. The third-order valence-electron chi connectivity index (χ3n) is 2.47. The van der Waals surface area contributed by atoms with Crippen molar-refractivity contribution in [3.63, 3.8) is 0 Å². The molecular formula is C11H12O4. The van der Waals surface area contributed by atoms with Gasteiger partial charge in [-0.1, -0.05) is 12.1 Å². The van der Waals surface area contributed by atoms with E-state index in [9.17, 15) is 9.90 Å². The summed E-state index contributed by atoms with van der Waals surface area (Å²) in [5.41, 5.74) is 1.92. The van der Waals surface area contributed by atoms with E-state index in [0.29, 0.717) is 6.61 Å². The van der Waals surface area contributed by atoms with Crippen LogP contribution in [0.4, 0.5) is 0 Å². The van der Waals surface area contributed by atoms with Crippen LogP contribution in [0.5, 0.6) is 5.75 Å². The Kier molecular flexibility index (Phi) is 2.60. The minimum atomic E-state index is -1.33. The van der Waals surface area contributed by atoms with E-state index < -0.39 is 12.1 Å². The zero-order valence-electron chi connectivity index (χ0n) is 8.14. The number of carbonyl (C=O) groups is 1. The Hall–Kier alpha value is -1.55. The third-order valence-corrected chi connectivity index (χ3v) is 2.47. The van der Waals surface area contributed by atoms with Crippen molar-refractivity contribution in [1.29, 1.82) is 0 Å². The number of rotatable bonds is 3. The van der Waals surface area contributed by atoms with E-state index in [1.165, 1.54) is 0 Å². The van der Waals surface area contributed by atoms with Gasteiger partial charge in [-0.15, -0.1) is 0 Å². The summed E-state index contributed by atoms with van der Waals surface area (Å²) in [4.78, 5) is 10.5. The zero-order chi connectivity index (χ0) is 10.8. The topological polar surface area (TPSA) is 66.8 Å². The highest BCUT2D eigenvalue weighted by atomic mass is 16.5. The Balaban J connectivity index is 2.13. The lowest BCUT2D eigenvalue weighted by molar-refractivity contribution is -0.146. The van der Waals surface area contributed by atoms with Crippen LogP contribution >= 0.6 is 0 Å². The second kappa shape index (κ2) is 3.90. The van der Waals surface area contributed by atoms with Crippen molar-refractivity contribution < 1.29 is 19.7 Å². The molecule has 1 aromatic carbocycles. The Labute approximate surface area is 87.1 Å². The number of benzene rings is 1. The average Bonchev–Trinajstić information content (AvgIpc) is 2.64. The molecule has 4 heteroatoms. The van der Waals surface area contributed by atoms with Gasteiger partial charge in [-0.25, -0.2) is 4.79 Å². The van der Waals surface area contributed by atoms with Crippen LogP contribution in [0.2, 0.25) is 0 Å². The lowest BCUT2D eigenvalue weighted by Crippen LogP contribution is -2.21. The van der Waals surface area contributed by atoms with Crippen LogP contribution in [-0.2, 0) is 17.6 Å². The van der Waals surface area contributed by atoms with Crippen molar-refractivity contribution in [3.8, 4) is 5.75 Å². The van der Waals surface area contributed by atoms with E-state index in [2.05, 4.69) is 0 Å². The van der Waals surface area contributed by atoms with E-state index >= 15 is 0 Å². The smallest absolute Gasteiger partial charge is 0.332 e. The second-order valence-corrected chi connectivity index (χ2v) is 3.60. The van der Waals surface area contributed by atoms with E-state index in [1.807, 2.05) is 12.1 Å². The van der Waals surface area contributed by atoms with Gasteiger partial charge in [0.1, 0.15) is 5.75 Å². The van der Waals surface area contributed by atoms with Crippen molar-refractivity contribution in [2.75, 3.05) is 6.61 Å². The van der Waals surface area contributed by atoms with Gasteiger partial charge in [-0.2, -0.15) is 0 Å². The van der Waals surface area contributed by atoms with Crippen molar-refractivity contribution in [2.45, 2.75) is 18.9 Å². The number of hydrogen-bond acceptors (Lipinski definition) is 3. The van der Waals surface area contributed by atoms with Crippen molar-refractivity contribution >= 4 is 5.97 Å². The van der Waals surface area contributed by atoms with Crippen LogP contribution in [0.3, 0.4) is 0 Å². The van der Waals surface area contributed by atoms with E-state index in [1.54, 1.807) is 6.07 Å². The molecule has 0 spiro atoms.